The third-order valence-electron chi connectivity index (χ3n) is 3.07. The first kappa shape index (κ1) is 12.5. The fourth-order valence-corrected chi connectivity index (χ4v) is 2.46. The van der Waals surface area contributed by atoms with Gasteiger partial charge in [0.2, 0.25) is 0 Å². The minimum Gasteiger partial charge on any atom is -0.466 e. The highest BCUT2D eigenvalue weighted by molar-refractivity contribution is 5.77. The number of esters is 1. The number of nitrogens with one attached hydrogen (secondary N) is 1. The van der Waals surface area contributed by atoms with Gasteiger partial charge in [-0.05, 0) is 45.2 Å². The Kier molecular flexibility index (Phi) is 4.58. The topological polar surface area (TPSA) is 38.3 Å². The SMILES string of the molecule is CCOC(=O)C1(CC(C)C)CCNCC1. The van der Waals surface area contributed by atoms with Gasteiger partial charge in [-0.1, -0.05) is 13.8 Å². The van der Waals surface area contributed by atoms with E-state index in [0.717, 1.165) is 32.4 Å². The van der Waals surface area contributed by atoms with Gasteiger partial charge < -0.3 is 10.1 Å². The Labute approximate surface area is 92.6 Å². The lowest BCUT2D eigenvalue weighted by Crippen LogP contribution is -2.43. The van der Waals surface area contributed by atoms with Crippen molar-refractivity contribution in [2.75, 3.05) is 19.7 Å². The maximum Gasteiger partial charge on any atom is 0.312 e. The number of carbonyl (C=O) groups excluding carboxylic acids is 1. The molecule has 1 aliphatic heterocycles. The second-order valence-electron chi connectivity index (χ2n) is 4.85. The van der Waals surface area contributed by atoms with Crippen LogP contribution in [-0.4, -0.2) is 25.7 Å². The molecule has 0 spiro atoms. The van der Waals surface area contributed by atoms with Crippen molar-refractivity contribution in [1.82, 2.24) is 5.32 Å². The molecular weight excluding hydrogens is 190 g/mol. The maximum atomic E-state index is 12.0. The van der Waals surface area contributed by atoms with Crippen molar-refractivity contribution in [3.05, 3.63) is 0 Å². The van der Waals surface area contributed by atoms with Gasteiger partial charge in [-0.25, -0.2) is 0 Å². The molecule has 0 bridgehead atoms. The largest absolute Gasteiger partial charge is 0.466 e. The maximum absolute atomic E-state index is 12.0. The van der Waals surface area contributed by atoms with Crippen molar-refractivity contribution in [3.8, 4) is 0 Å². The lowest BCUT2D eigenvalue weighted by atomic mass is 9.73. The van der Waals surface area contributed by atoms with E-state index in [9.17, 15) is 4.79 Å². The van der Waals surface area contributed by atoms with E-state index in [-0.39, 0.29) is 11.4 Å². The molecule has 0 aromatic rings. The van der Waals surface area contributed by atoms with Crippen LogP contribution in [0.5, 0.6) is 0 Å². The minimum atomic E-state index is -0.213. The highest BCUT2D eigenvalue weighted by Crippen LogP contribution is 2.37. The molecule has 3 nitrogen and oxygen atoms in total. The molecule has 0 saturated carbocycles. The predicted molar refractivity (Wildman–Crippen MR) is 60.6 cm³/mol. The van der Waals surface area contributed by atoms with Crippen molar-refractivity contribution in [1.29, 1.82) is 0 Å². The van der Waals surface area contributed by atoms with Gasteiger partial charge >= 0.3 is 5.97 Å². The molecular formula is C12H23NO2. The molecule has 0 amide bonds. The van der Waals surface area contributed by atoms with Crippen LogP contribution in [0.15, 0.2) is 0 Å². The number of carbonyl (C=O) groups is 1. The Bertz CT molecular complexity index is 208. The van der Waals surface area contributed by atoms with E-state index < -0.39 is 0 Å². The van der Waals surface area contributed by atoms with Crippen molar-refractivity contribution in [2.24, 2.45) is 11.3 Å². The summed E-state index contributed by atoms with van der Waals surface area (Å²) in [4.78, 5) is 12.0. The van der Waals surface area contributed by atoms with E-state index in [0.29, 0.717) is 12.5 Å². The van der Waals surface area contributed by atoms with Crippen LogP contribution in [0.1, 0.15) is 40.0 Å². The molecule has 0 unspecified atom stereocenters. The molecule has 1 heterocycles. The zero-order valence-corrected chi connectivity index (χ0v) is 10.1. The Morgan fingerprint density at radius 3 is 2.47 bits per heavy atom. The van der Waals surface area contributed by atoms with E-state index in [4.69, 9.17) is 4.74 Å². The van der Waals surface area contributed by atoms with Crippen LogP contribution in [-0.2, 0) is 9.53 Å². The Hall–Kier alpha value is -0.570. The number of ether oxygens (including phenoxy) is 1. The molecule has 1 aliphatic rings. The van der Waals surface area contributed by atoms with Crippen LogP contribution in [0, 0.1) is 11.3 Å². The second-order valence-corrected chi connectivity index (χ2v) is 4.85. The van der Waals surface area contributed by atoms with Crippen LogP contribution in [0.25, 0.3) is 0 Å². The number of piperidine rings is 1. The van der Waals surface area contributed by atoms with Gasteiger partial charge in [0.1, 0.15) is 0 Å². The molecule has 0 aromatic carbocycles. The molecule has 0 atom stereocenters. The third-order valence-corrected chi connectivity index (χ3v) is 3.07. The fourth-order valence-electron chi connectivity index (χ4n) is 2.46. The highest BCUT2D eigenvalue weighted by Gasteiger charge is 2.41. The normalized spacial score (nSPS) is 20.3. The summed E-state index contributed by atoms with van der Waals surface area (Å²) in [6.07, 6.45) is 2.79. The Balaban J connectivity index is 2.69. The van der Waals surface area contributed by atoms with Crippen LogP contribution in [0.3, 0.4) is 0 Å². The quantitative estimate of drug-likeness (QED) is 0.726. The summed E-state index contributed by atoms with van der Waals surface area (Å²) < 4.78 is 5.22. The molecule has 1 N–H and O–H groups in total. The minimum absolute atomic E-state index is 0.0141. The van der Waals surface area contributed by atoms with Crippen LogP contribution < -0.4 is 5.32 Å². The molecule has 0 aliphatic carbocycles. The standard InChI is InChI=1S/C12H23NO2/c1-4-15-11(14)12(9-10(2)3)5-7-13-8-6-12/h10,13H,4-9H2,1-3H3. The number of hydrogen-bond donors (Lipinski definition) is 1. The number of rotatable bonds is 4. The van der Waals surface area contributed by atoms with Gasteiger partial charge in [-0.3, -0.25) is 4.79 Å². The zero-order valence-electron chi connectivity index (χ0n) is 10.1. The lowest BCUT2D eigenvalue weighted by Gasteiger charge is -2.36. The van der Waals surface area contributed by atoms with E-state index in [2.05, 4.69) is 19.2 Å². The molecule has 3 heteroatoms. The average Bonchev–Trinajstić information content (AvgIpc) is 2.18. The monoisotopic (exact) mass is 213 g/mol. The molecule has 0 aromatic heterocycles. The smallest absolute Gasteiger partial charge is 0.312 e. The van der Waals surface area contributed by atoms with Gasteiger partial charge in [0.05, 0.1) is 12.0 Å². The number of hydrogen-bond acceptors (Lipinski definition) is 3. The molecule has 1 fully saturated rings. The van der Waals surface area contributed by atoms with Gasteiger partial charge in [0.25, 0.3) is 0 Å². The van der Waals surface area contributed by atoms with Gasteiger partial charge in [-0.2, -0.15) is 0 Å². The highest BCUT2D eigenvalue weighted by atomic mass is 16.5. The molecule has 1 saturated heterocycles. The summed E-state index contributed by atoms with van der Waals surface area (Å²) in [6, 6.07) is 0. The van der Waals surface area contributed by atoms with Crippen molar-refractivity contribution in [3.63, 3.8) is 0 Å². The summed E-state index contributed by atoms with van der Waals surface area (Å²) >= 11 is 0. The van der Waals surface area contributed by atoms with Crippen molar-refractivity contribution in [2.45, 2.75) is 40.0 Å². The first-order valence-electron chi connectivity index (χ1n) is 5.98. The summed E-state index contributed by atoms with van der Waals surface area (Å²) in [5.41, 5.74) is -0.213. The van der Waals surface area contributed by atoms with Crippen LogP contribution in [0.4, 0.5) is 0 Å². The average molecular weight is 213 g/mol. The van der Waals surface area contributed by atoms with Gasteiger partial charge in [0, 0.05) is 0 Å². The van der Waals surface area contributed by atoms with Gasteiger partial charge in [0.15, 0.2) is 0 Å². The summed E-state index contributed by atoms with van der Waals surface area (Å²) in [7, 11) is 0. The second kappa shape index (κ2) is 5.50. The summed E-state index contributed by atoms with van der Waals surface area (Å²) in [6.45, 7) is 8.58. The molecule has 0 radical (unpaired) electrons. The Morgan fingerprint density at radius 2 is 2.00 bits per heavy atom. The van der Waals surface area contributed by atoms with E-state index in [1.54, 1.807) is 0 Å². The van der Waals surface area contributed by atoms with E-state index >= 15 is 0 Å². The summed E-state index contributed by atoms with van der Waals surface area (Å²) in [5, 5.41) is 3.30. The van der Waals surface area contributed by atoms with Crippen molar-refractivity contribution >= 4 is 5.97 Å². The zero-order chi connectivity index (χ0) is 11.3. The predicted octanol–water partition coefficient (Wildman–Crippen LogP) is 1.97. The van der Waals surface area contributed by atoms with E-state index in [1.165, 1.54) is 0 Å². The fraction of sp³-hybridized carbons (Fsp3) is 0.917. The lowest BCUT2D eigenvalue weighted by molar-refractivity contribution is -0.158. The molecule has 1 rings (SSSR count). The molecule has 88 valence electrons. The van der Waals surface area contributed by atoms with Crippen molar-refractivity contribution < 1.29 is 9.53 Å². The first-order valence-corrected chi connectivity index (χ1v) is 5.98. The van der Waals surface area contributed by atoms with Gasteiger partial charge in [-0.15, -0.1) is 0 Å². The third kappa shape index (κ3) is 3.20. The summed E-state index contributed by atoms with van der Waals surface area (Å²) in [5.74, 6) is 0.563. The first-order chi connectivity index (χ1) is 7.10. The molecule has 15 heavy (non-hydrogen) atoms. The van der Waals surface area contributed by atoms with E-state index in [1.807, 2.05) is 6.92 Å². The Morgan fingerprint density at radius 1 is 1.40 bits per heavy atom. The van der Waals surface area contributed by atoms with Crippen LogP contribution >= 0.6 is 0 Å². The van der Waals surface area contributed by atoms with Crippen LogP contribution in [0.2, 0.25) is 0 Å².